The summed E-state index contributed by atoms with van der Waals surface area (Å²) in [5.41, 5.74) is -3.02. The van der Waals surface area contributed by atoms with Crippen molar-refractivity contribution in [2.45, 2.75) is 81.7 Å². The largest absolute Gasteiger partial charge is 0.477 e. The van der Waals surface area contributed by atoms with E-state index >= 15 is 0 Å². The lowest BCUT2D eigenvalue weighted by molar-refractivity contribution is -0.201. The van der Waals surface area contributed by atoms with E-state index in [1.54, 1.807) is 6.07 Å². The molecule has 1 aromatic heterocycles. The van der Waals surface area contributed by atoms with Crippen LogP contribution in [0, 0.1) is 5.82 Å². The number of nitrogens with zero attached hydrogens (tertiary/aromatic N) is 2. The SMILES string of the molecule is CC(C)(Oc1ccc(F)cc1C(F)(F)F)C(=O)N[C@H]1C[C@H]2CC[C@@H](C1)N2c1ccc(C(=O)NCC(O)C(F)(F)F)cn1. The molecular formula is C27H29F7N4O4. The molecular weight excluding hydrogens is 577 g/mol. The van der Waals surface area contributed by atoms with E-state index in [9.17, 15) is 40.3 Å². The summed E-state index contributed by atoms with van der Waals surface area (Å²) in [5, 5.41) is 13.9. The molecule has 15 heteroatoms. The van der Waals surface area contributed by atoms with Crippen LogP contribution >= 0.6 is 0 Å². The molecule has 2 saturated heterocycles. The molecule has 2 bridgehead atoms. The van der Waals surface area contributed by atoms with Crippen molar-refractivity contribution in [1.29, 1.82) is 0 Å². The zero-order valence-corrected chi connectivity index (χ0v) is 22.5. The van der Waals surface area contributed by atoms with E-state index < -0.39 is 59.5 Å². The van der Waals surface area contributed by atoms with Gasteiger partial charge in [0.15, 0.2) is 11.7 Å². The first-order valence-corrected chi connectivity index (χ1v) is 13.1. The minimum Gasteiger partial charge on any atom is -0.477 e. The Bertz CT molecular complexity index is 1290. The quantitative estimate of drug-likeness (QED) is 0.386. The molecule has 42 heavy (non-hydrogen) atoms. The second-order valence-corrected chi connectivity index (χ2v) is 10.9. The number of carbonyl (C=O) groups is 2. The van der Waals surface area contributed by atoms with Crippen molar-refractivity contribution in [2.24, 2.45) is 0 Å². The molecule has 0 aliphatic carbocycles. The van der Waals surface area contributed by atoms with Gasteiger partial charge in [0.2, 0.25) is 0 Å². The molecule has 230 valence electrons. The summed E-state index contributed by atoms with van der Waals surface area (Å²) >= 11 is 0. The number of alkyl halides is 6. The fourth-order valence-corrected chi connectivity index (χ4v) is 5.24. The number of halogens is 7. The van der Waals surface area contributed by atoms with E-state index in [1.165, 1.54) is 26.1 Å². The summed E-state index contributed by atoms with van der Waals surface area (Å²) in [5.74, 6) is -2.68. The number of amides is 2. The van der Waals surface area contributed by atoms with Gasteiger partial charge in [-0.25, -0.2) is 9.37 Å². The molecule has 2 fully saturated rings. The number of anilines is 1. The molecule has 0 saturated carbocycles. The normalized spacial score (nSPS) is 21.6. The summed E-state index contributed by atoms with van der Waals surface area (Å²) in [7, 11) is 0. The number of carbonyl (C=O) groups excluding carboxylic acids is 2. The third-order valence-corrected chi connectivity index (χ3v) is 7.34. The van der Waals surface area contributed by atoms with E-state index in [1.807, 2.05) is 10.2 Å². The first kappa shape index (κ1) is 31.3. The Balaban J connectivity index is 1.36. The Labute approximate surface area is 236 Å². The summed E-state index contributed by atoms with van der Waals surface area (Å²) in [6.07, 6.45) is -8.65. The zero-order chi connectivity index (χ0) is 31.0. The molecule has 1 aromatic carbocycles. The highest BCUT2D eigenvalue weighted by Gasteiger charge is 2.44. The summed E-state index contributed by atoms with van der Waals surface area (Å²) in [4.78, 5) is 31.6. The first-order valence-electron chi connectivity index (χ1n) is 13.1. The molecule has 3 heterocycles. The van der Waals surface area contributed by atoms with Gasteiger partial charge in [-0.2, -0.15) is 26.3 Å². The van der Waals surface area contributed by atoms with Gasteiger partial charge in [0.1, 0.15) is 22.9 Å². The Hall–Kier alpha value is -3.62. The lowest BCUT2D eigenvalue weighted by atomic mass is 9.96. The van der Waals surface area contributed by atoms with Gasteiger partial charge in [-0.1, -0.05) is 0 Å². The van der Waals surface area contributed by atoms with Gasteiger partial charge >= 0.3 is 12.4 Å². The lowest BCUT2D eigenvalue weighted by Crippen LogP contribution is -2.55. The average Bonchev–Trinajstić information content (AvgIpc) is 3.16. The number of aliphatic hydroxyl groups is 1. The lowest BCUT2D eigenvalue weighted by Gasteiger charge is -2.41. The molecule has 1 unspecified atom stereocenters. The van der Waals surface area contributed by atoms with E-state index in [2.05, 4.69) is 10.3 Å². The number of benzene rings is 1. The van der Waals surface area contributed by atoms with Gasteiger partial charge in [0.05, 0.1) is 12.1 Å². The Morgan fingerprint density at radius 2 is 1.71 bits per heavy atom. The predicted molar refractivity (Wildman–Crippen MR) is 135 cm³/mol. The highest BCUT2D eigenvalue weighted by atomic mass is 19.4. The molecule has 2 aliphatic heterocycles. The van der Waals surface area contributed by atoms with E-state index in [-0.39, 0.29) is 23.7 Å². The minimum absolute atomic E-state index is 0.0136. The molecule has 2 aromatic rings. The van der Waals surface area contributed by atoms with Gasteiger partial charge < -0.3 is 25.4 Å². The van der Waals surface area contributed by atoms with Crippen LogP contribution in [0.25, 0.3) is 0 Å². The summed E-state index contributed by atoms with van der Waals surface area (Å²) < 4.78 is 96.4. The predicted octanol–water partition coefficient (Wildman–Crippen LogP) is 4.37. The van der Waals surface area contributed by atoms with Crippen molar-refractivity contribution in [2.75, 3.05) is 11.4 Å². The van der Waals surface area contributed by atoms with Crippen LogP contribution in [0.5, 0.6) is 5.75 Å². The summed E-state index contributed by atoms with van der Waals surface area (Å²) in [6, 6.07) is 4.54. The molecule has 8 nitrogen and oxygen atoms in total. The van der Waals surface area contributed by atoms with Crippen LogP contribution in [0.15, 0.2) is 36.5 Å². The number of rotatable bonds is 8. The number of piperidine rings is 1. The van der Waals surface area contributed by atoms with Crippen LogP contribution in [-0.4, -0.2) is 64.5 Å². The smallest absolute Gasteiger partial charge is 0.420 e. The zero-order valence-electron chi connectivity index (χ0n) is 22.5. The number of hydrogen-bond donors (Lipinski definition) is 3. The minimum atomic E-state index is -4.89. The maximum absolute atomic E-state index is 13.5. The number of ether oxygens (including phenoxy) is 1. The third kappa shape index (κ3) is 7.05. The van der Waals surface area contributed by atoms with Gasteiger partial charge in [-0.05, 0) is 69.9 Å². The standard InChI is InChI=1S/C27H29F7N4O4/c1-25(2,42-20-7-4-15(28)9-19(20)26(29,30)31)24(41)37-16-10-17-5-6-18(11-16)38(17)22-8-3-14(12-35-22)23(40)36-13-21(39)27(32,33)34/h3-4,7-9,12,16-18,21,39H,5-6,10-11,13H2,1-2H3,(H,36,40)(H,37,41)/t16-,17+,18-,21?. The number of aliphatic hydroxyl groups excluding tert-OH is 1. The topological polar surface area (TPSA) is 104 Å². The van der Waals surface area contributed by atoms with Crippen molar-refractivity contribution in [3.8, 4) is 5.75 Å². The Morgan fingerprint density at radius 1 is 1.07 bits per heavy atom. The Kier molecular flexibility index (Phi) is 8.63. The van der Waals surface area contributed by atoms with Crippen LogP contribution in [-0.2, 0) is 11.0 Å². The number of hydrogen-bond acceptors (Lipinski definition) is 6. The van der Waals surface area contributed by atoms with Crippen LogP contribution in [0.4, 0.5) is 36.6 Å². The van der Waals surface area contributed by atoms with Crippen molar-refractivity contribution in [3.63, 3.8) is 0 Å². The van der Waals surface area contributed by atoms with Gasteiger partial charge in [0.25, 0.3) is 11.8 Å². The number of nitrogens with one attached hydrogen (secondary N) is 2. The second-order valence-electron chi connectivity index (χ2n) is 10.9. The fraction of sp³-hybridized carbons (Fsp3) is 0.519. The number of pyridine rings is 1. The molecule has 2 amide bonds. The molecule has 4 atom stereocenters. The molecule has 2 aliphatic rings. The number of fused-ring (bicyclic) bond motifs is 2. The van der Waals surface area contributed by atoms with Crippen LogP contribution < -0.4 is 20.3 Å². The van der Waals surface area contributed by atoms with E-state index in [0.717, 1.165) is 25.0 Å². The monoisotopic (exact) mass is 606 g/mol. The van der Waals surface area contributed by atoms with Crippen molar-refractivity contribution < 1.29 is 50.2 Å². The van der Waals surface area contributed by atoms with Gasteiger partial charge in [-0.15, -0.1) is 0 Å². The van der Waals surface area contributed by atoms with Crippen molar-refractivity contribution in [3.05, 3.63) is 53.5 Å². The van der Waals surface area contributed by atoms with E-state index in [4.69, 9.17) is 9.84 Å². The maximum atomic E-state index is 13.5. The highest BCUT2D eigenvalue weighted by molar-refractivity contribution is 5.94. The van der Waals surface area contributed by atoms with Crippen LogP contribution in [0.2, 0.25) is 0 Å². The van der Waals surface area contributed by atoms with Gasteiger partial charge in [-0.3, -0.25) is 9.59 Å². The molecule has 0 radical (unpaired) electrons. The van der Waals surface area contributed by atoms with Crippen LogP contribution in [0.1, 0.15) is 55.5 Å². The van der Waals surface area contributed by atoms with Crippen molar-refractivity contribution >= 4 is 17.6 Å². The molecule has 0 spiro atoms. The molecule has 3 N–H and O–H groups in total. The van der Waals surface area contributed by atoms with Gasteiger partial charge in [0, 0.05) is 24.3 Å². The summed E-state index contributed by atoms with van der Waals surface area (Å²) in [6.45, 7) is 1.64. The third-order valence-electron chi connectivity index (χ3n) is 7.34. The second kappa shape index (κ2) is 11.6. The van der Waals surface area contributed by atoms with E-state index in [0.29, 0.717) is 24.7 Å². The average molecular weight is 607 g/mol. The number of aromatic nitrogens is 1. The Morgan fingerprint density at radius 3 is 2.26 bits per heavy atom. The fourth-order valence-electron chi connectivity index (χ4n) is 5.24. The first-order chi connectivity index (χ1) is 19.5. The van der Waals surface area contributed by atoms with Crippen LogP contribution in [0.3, 0.4) is 0 Å². The molecule has 4 rings (SSSR count). The van der Waals surface area contributed by atoms with Crippen molar-refractivity contribution in [1.82, 2.24) is 15.6 Å². The maximum Gasteiger partial charge on any atom is 0.420 e. The highest BCUT2D eigenvalue weighted by Crippen LogP contribution is 2.40.